The zero-order valence-electron chi connectivity index (χ0n) is 17.3. The van der Waals surface area contributed by atoms with Crippen LogP contribution in [0.25, 0.3) is 0 Å². The van der Waals surface area contributed by atoms with Crippen molar-refractivity contribution in [3.63, 3.8) is 0 Å². The molecule has 0 saturated heterocycles. The number of non-ortho nitro benzene ring substituents is 1. The van der Waals surface area contributed by atoms with E-state index in [1.54, 1.807) is 48.5 Å². The Balaban J connectivity index is 1.49. The van der Waals surface area contributed by atoms with Gasteiger partial charge in [-0.25, -0.2) is 10.2 Å². The molecule has 1 amide bonds. The first-order valence-electron chi connectivity index (χ1n) is 9.63. The van der Waals surface area contributed by atoms with Crippen LogP contribution in [0.1, 0.15) is 22.8 Å². The number of nitro groups is 1. The predicted octanol–water partition coefficient (Wildman–Crippen LogP) is 4.39. The van der Waals surface area contributed by atoms with E-state index in [0.29, 0.717) is 27.6 Å². The Kier molecular flexibility index (Phi) is 7.72. The van der Waals surface area contributed by atoms with Gasteiger partial charge in [0.2, 0.25) is 0 Å². The summed E-state index contributed by atoms with van der Waals surface area (Å²) in [5.74, 6) is -0.349. The van der Waals surface area contributed by atoms with E-state index in [-0.39, 0.29) is 5.69 Å². The molecule has 0 radical (unpaired) electrons. The highest BCUT2D eigenvalue weighted by Gasteiger charge is 2.15. The van der Waals surface area contributed by atoms with Crippen LogP contribution in [0.2, 0.25) is 5.02 Å². The molecular weight excluding hydrogens is 450 g/mol. The molecule has 168 valence electrons. The van der Waals surface area contributed by atoms with Crippen LogP contribution in [0, 0.1) is 10.1 Å². The number of nitrogens with zero attached hydrogens (tertiary/aromatic N) is 2. The second-order valence-electron chi connectivity index (χ2n) is 6.71. The maximum Gasteiger partial charge on any atom is 0.343 e. The summed E-state index contributed by atoms with van der Waals surface area (Å²) in [5, 5.41) is 15.1. The lowest BCUT2D eigenvalue weighted by atomic mass is 10.2. The van der Waals surface area contributed by atoms with E-state index >= 15 is 0 Å². The van der Waals surface area contributed by atoms with Crippen LogP contribution in [0.15, 0.2) is 77.9 Å². The highest BCUT2D eigenvalue weighted by Crippen LogP contribution is 2.18. The van der Waals surface area contributed by atoms with Gasteiger partial charge in [0.1, 0.15) is 11.5 Å². The van der Waals surface area contributed by atoms with Gasteiger partial charge in [0.15, 0.2) is 6.10 Å². The van der Waals surface area contributed by atoms with Crippen LogP contribution < -0.4 is 14.9 Å². The van der Waals surface area contributed by atoms with Crippen molar-refractivity contribution in [2.24, 2.45) is 5.10 Å². The first-order chi connectivity index (χ1) is 15.8. The number of hydrogen-bond donors (Lipinski definition) is 1. The molecule has 3 aromatic carbocycles. The average molecular weight is 468 g/mol. The molecule has 0 saturated carbocycles. The fourth-order valence-corrected chi connectivity index (χ4v) is 2.67. The van der Waals surface area contributed by atoms with Crippen LogP contribution in [0.5, 0.6) is 11.5 Å². The van der Waals surface area contributed by atoms with E-state index in [2.05, 4.69) is 10.5 Å². The number of nitro benzene ring substituents is 1. The van der Waals surface area contributed by atoms with Crippen molar-refractivity contribution in [3.8, 4) is 11.5 Å². The van der Waals surface area contributed by atoms with E-state index in [9.17, 15) is 19.7 Å². The minimum absolute atomic E-state index is 0.0742. The third-order valence-electron chi connectivity index (χ3n) is 4.29. The number of nitrogens with one attached hydrogen (secondary N) is 1. The molecule has 0 bridgehead atoms. The van der Waals surface area contributed by atoms with Gasteiger partial charge in [-0.2, -0.15) is 5.10 Å². The monoisotopic (exact) mass is 467 g/mol. The number of hydrazone groups is 1. The maximum absolute atomic E-state index is 12.1. The number of esters is 1. The van der Waals surface area contributed by atoms with Crippen molar-refractivity contribution in [3.05, 3.63) is 99.1 Å². The molecule has 0 heterocycles. The van der Waals surface area contributed by atoms with Crippen LogP contribution >= 0.6 is 11.6 Å². The predicted molar refractivity (Wildman–Crippen MR) is 122 cm³/mol. The normalized spacial score (nSPS) is 11.6. The smallest absolute Gasteiger partial charge is 0.343 e. The summed E-state index contributed by atoms with van der Waals surface area (Å²) in [7, 11) is 0. The Morgan fingerprint density at radius 3 is 2.21 bits per heavy atom. The van der Waals surface area contributed by atoms with E-state index in [1.165, 1.54) is 37.4 Å². The first-order valence-corrected chi connectivity index (χ1v) is 10.0. The second-order valence-corrected chi connectivity index (χ2v) is 7.15. The van der Waals surface area contributed by atoms with Crippen molar-refractivity contribution >= 4 is 35.4 Å². The summed E-state index contributed by atoms with van der Waals surface area (Å²) in [5.41, 5.74) is 3.31. The minimum Gasteiger partial charge on any atom is -0.481 e. The van der Waals surface area contributed by atoms with Crippen LogP contribution in [0.3, 0.4) is 0 Å². The summed E-state index contributed by atoms with van der Waals surface area (Å²) in [6, 6.07) is 18.2. The van der Waals surface area contributed by atoms with Crippen molar-refractivity contribution in [2.75, 3.05) is 0 Å². The summed E-state index contributed by atoms with van der Waals surface area (Å²) < 4.78 is 10.7. The highest BCUT2D eigenvalue weighted by molar-refractivity contribution is 6.30. The minimum atomic E-state index is -0.877. The molecule has 0 aromatic heterocycles. The number of carbonyl (C=O) groups excluding carboxylic acids is 2. The molecule has 0 spiro atoms. The molecule has 9 nitrogen and oxygen atoms in total. The highest BCUT2D eigenvalue weighted by atomic mass is 35.5. The number of ether oxygens (including phenoxy) is 2. The molecule has 0 aliphatic rings. The molecule has 1 atom stereocenters. The Labute approximate surface area is 193 Å². The van der Waals surface area contributed by atoms with Crippen molar-refractivity contribution in [1.29, 1.82) is 0 Å². The van der Waals surface area contributed by atoms with E-state index < -0.39 is 22.9 Å². The Morgan fingerprint density at radius 2 is 1.61 bits per heavy atom. The summed E-state index contributed by atoms with van der Waals surface area (Å²) in [4.78, 5) is 34.4. The molecule has 0 unspecified atom stereocenters. The molecule has 10 heteroatoms. The molecule has 1 N–H and O–H groups in total. The molecule has 3 rings (SSSR count). The van der Waals surface area contributed by atoms with Gasteiger partial charge in [-0.05, 0) is 73.2 Å². The van der Waals surface area contributed by atoms with Crippen LogP contribution in [-0.2, 0) is 4.79 Å². The van der Waals surface area contributed by atoms with Gasteiger partial charge >= 0.3 is 5.97 Å². The Morgan fingerprint density at radius 1 is 1.00 bits per heavy atom. The van der Waals surface area contributed by atoms with Crippen LogP contribution in [-0.4, -0.2) is 29.1 Å². The number of halogens is 1. The van der Waals surface area contributed by atoms with Crippen molar-refractivity contribution < 1.29 is 24.0 Å². The standard InChI is InChI=1S/C23H18ClN3O6/c1-15(32-20-12-8-19(9-13-20)27(30)31)22(28)26-25-14-16-2-10-21(11-3-16)33-23(29)17-4-6-18(24)7-5-17/h2-15H,1H3,(H,26,28)/b25-14-/t15-/m0/s1. The maximum atomic E-state index is 12.1. The molecular formula is C23H18ClN3O6. The quantitative estimate of drug-likeness (QED) is 0.172. The van der Waals surface area contributed by atoms with E-state index in [1.807, 2.05) is 0 Å². The number of hydrogen-bond acceptors (Lipinski definition) is 7. The third-order valence-corrected chi connectivity index (χ3v) is 4.54. The summed E-state index contributed by atoms with van der Waals surface area (Å²) in [6.07, 6.45) is 0.541. The molecule has 0 aliphatic heterocycles. The van der Waals surface area contributed by atoms with E-state index in [4.69, 9.17) is 21.1 Å². The van der Waals surface area contributed by atoms with Gasteiger partial charge in [0.05, 0.1) is 16.7 Å². The zero-order valence-corrected chi connectivity index (χ0v) is 18.1. The fourth-order valence-electron chi connectivity index (χ4n) is 2.54. The first kappa shape index (κ1) is 23.4. The molecule has 3 aromatic rings. The number of carbonyl (C=O) groups is 2. The van der Waals surface area contributed by atoms with Gasteiger partial charge < -0.3 is 9.47 Å². The van der Waals surface area contributed by atoms with Gasteiger partial charge in [0.25, 0.3) is 11.6 Å². The lowest BCUT2D eigenvalue weighted by molar-refractivity contribution is -0.384. The summed E-state index contributed by atoms with van der Waals surface area (Å²) >= 11 is 5.81. The van der Waals surface area contributed by atoms with Gasteiger partial charge in [0, 0.05) is 17.2 Å². The Bertz CT molecular complexity index is 1160. The SMILES string of the molecule is C[C@H](Oc1ccc([N+](=O)[O-])cc1)C(=O)N/N=C\c1ccc(OC(=O)c2ccc(Cl)cc2)cc1. The van der Waals surface area contributed by atoms with Crippen molar-refractivity contribution in [1.82, 2.24) is 5.43 Å². The third kappa shape index (κ3) is 6.88. The topological polar surface area (TPSA) is 120 Å². The molecule has 33 heavy (non-hydrogen) atoms. The largest absolute Gasteiger partial charge is 0.481 e. The van der Waals surface area contributed by atoms with Crippen LogP contribution in [0.4, 0.5) is 5.69 Å². The lowest BCUT2D eigenvalue weighted by Gasteiger charge is -2.12. The zero-order chi connectivity index (χ0) is 23.8. The fraction of sp³-hybridized carbons (Fsp3) is 0.0870. The average Bonchev–Trinajstić information content (AvgIpc) is 2.81. The van der Waals surface area contributed by atoms with Gasteiger partial charge in [-0.3, -0.25) is 14.9 Å². The van der Waals surface area contributed by atoms with Gasteiger partial charge in [-0.1, -0.05) is 11.6 Å². The lowest BCUT2D eigenvalue weighted by Crippen LogP contribution is -2.33. The molecule has 0 fully saturated rings. The number of benzene rings is 3. The summed E-state index contributed by atoms with van der Waals surface area (Å²) in [6.45, 7) is 1.52. The second kappa shape index (κ2) is 10.9. The molecule has 0 aliphatic carbocycles. The van der Waals surface area contributed by atoms with Gasteiger partial charge in [-0.15, -0.1) is 0 Å². The number of rotatable bonds is 8. The van der Waals surface area contributed by atoms with Crippen molar-refractivity contribution in [2.45, 2.75) is 13.0 Å². The van der Waals surface area contributed by atoms with E-state index in [0.717, 1.165) is 0 Å². The Hall–Kier alpha value is -4.24. The number of amides is 1.